The molecule has 0 fully saturated rings. The van der Waals surface area contributed by atoms with Gasteiger partial charge < -0.3 is 25.2 Å². The van der Waals surface area contributed by atoms with Gasteiger partial charge >= 0.3 is 11.9 Å². The van der Waals surface area contributed by atoms with Crippen LogP contribution in [0.5, 0.6) is 0 Å². The fourth-order valence-corrected chi connectivity index (χ4v) is 0.997. The number of hydrogen-bond donors (Lipinski definition) is 4. The predicted molar refractivity (Wildman–Crippen MR) is 40.2 cm³/mol. The van der Waals surface area contributed by atoms with Crippen LogP contribution in [0.1, 0.15) is 0 Å². The molecule has 1 aliphatic rings. The number of carboxylic acids is 2. The third kappa shape index (κ3) is 1.83. The minimum absolute atomic E-state index is 0.685. The quantitative estimate of drug-likeness (QED) is 0.416. The maximum absolute atomic E-state index is 10.5. The lowest BCUT2D eigenvalue weighted by Gasteiger charge is -2.27. The van der Waals surface area contributed by atoms with Gasteiger partial charge in [0, 0.05) is 0 Å². The van der Waals surface area contributed by atoms with Gasteiger partial charge in [-0.2, -0.15) is 0 Å². The van der Waals surface area contributed by atoms with Crippen LogP contribution in [0.15, 0.2) is 11.8 Å². The topological polar surface area (TPSA) is 124 Å². The molecule has 0 aliphatic carbocycles. The van der Waals surface area contributed by atoms with Crippen LogP contribution >= 0.6 is 0 Å². The molecule has 78 valence electrons. The van der Waals surface area contributed by atoms with E-state index in [-0.39, 0.29) is 0 Å². The molecule has 7 nitrogen and oxygen atoms in total. The molecule has 3 atom stereocenters. The fourth-order valence-electron chi connectivity index (χ4n) is 0.997. The SMILES string of the molecule is O=C(O)C1=C[C@@H](O)[C@H](O)[C@@H](C(=O)O)O1. The molecule has 14 heavy (non-hydrogen) atoms. The normalized spacial score (nSPS) is 31.6. The third-order valence-corrected chi connectivity index (χ3v) is 1.69. The summed E-state index contributed by atoms with van der Waals surface area (Å²) >= 11 is 0. The Kier molecular flexibility index (Phi) is 2.73. The minimum atomic E-state index is -1.76. The lowest BCUT2D eigenvalue weighted by Crippen LogP contribution is -2.47. The zero-order chi connectivity index (χ0) is 10.9. The van der Waals surface area contributed by atoms with Crippen LogP contribution in [0.2, 0.25) is 0 Å². The maximum atomic E-state index is 10.5. The number of aliphatic carboxylic acids is 2. The second kappa shape index (κ2) is 3.64. The first-order valence-electron chi connectivity index (χ1n) is 3.64. The molecule has 7 heteroatoms. The molecule has 1 aliphatic heterocycles. The molecule has 0 saturated heterocycles. The summed E-state index contributed by atoms with van der Waals surface area (Å²) < 4.78 is 4.44. The summed E-state index contributed by atoms with van der Waals surface area (Å²) in [5, 5.41) is 35.2. The first kappa shape index (κ1) is 10.5. The summed E-state index contributed by atoms with van der Waals surface area (Å²) in [7, 11) is 0. The number of hydrogen-bond acceptors (Lipinski definition) is 5. The molecule has 0 radical (unpaired) electrons. The lowest BCUT2D eigenvalue weighted by molar-refractivity contribution is -0.165. The van der Waals surface area contributed by atoms with Crippen molar-refractivity contribution in [2.24, 2.45) is 0 Å². The van der Waals surface area contributed by atoms with Crippen molar-refractivity contribution in [1.29, 1.82) is 0 Å². The van der Waals surface area contributed by atoms with Crippen LogP contribution < -0.4 is 0 Å². The predicted octanol–water partition coefficient (Wildman–Crippen LogP) is -1.84. The van der Waals surface area contributed by atoms with E-state index in [9.17, 15) is 9.59 Å². The van der Waals surface area contributed by atoms with E-state index in [0.717, 1.165) is 6.08 Å². The van der Waals surface area contributed by atoms with Crippen LogP contribution in [0, 0.1) is 0 Å². The van der Waals surface area contributed by atoms with E-state index in [4.69, 9.17) is 20.4 Å². The number of aliphatic hydroxyl groups is 2. The molecule has 0 aromatic rings. The van der Waals surface area contributed by atoms with E-state index in [2.05, 4.69) is 4.74 Å². The highest BCUT2D eigenvalue weighted by atomic mass is 16.6. The molecule has 0 unspecified atom stereocenters. The number of carbonyl (C=O) groups is 2. The Morgan fingerprint density at radius 3 is 2.29 bits per heavy atom. The molecule has 0 amide bonds. The molecule has 0 aromatic carbocycles. The molecular formula is C7H8O7. The Balaban J connectivity index is 2.92. The van der Waals surface area contributed by atoms with E-state index in [1.165, 1.54) is 0 Å². The van der Waals surface area contributed by atoms with Gasteiger partial charge in [0.05, 0.1) is 0 Å². The van der Waals surface area contributed by atoms with Crippen molar-refractivity contribution in [2.45, 2.75) is 18.3 Å². The molecule has 0 saturated carbocycles. The van der Waals surface area contributed by atoms with E-state index < -0.39 is 36.0 Å². The van der Waals surface area contributed by atoms with Gasteiger partial charge in [0.15, 0.2) is 0 Å². The summed E-state index contributed by atoms with van der Waals surface area (Å²) in [4.78, 5) is 20.9. The Labute approximate surface area is 77.8 Å². The number of aliphatic hydroxyl groups excluding tert-OH is 2. The first-order valence-corrected chi connectivity index (χ1v) is 3.64. The first-order chi connectivity index (χ1) is 6.43. The van der Waals surface area contributed by atoms with Crippen LogP contribution in [0.3, 0.4) is 0 Å². The van der Waals surface area contributed by atoms with Crippen molar-refractivity contribution in [3.05, 3.63) is 11.8 Å². The van der Waals surface area contributed by atoms with Gasteiger partial charge in [-0.3, -0.25) is 0 Å². The lowest BCUT2D eigenvalue weighted by atomic mass is 10.0. The van der Waals surface area contributed by atoms with Gasteiger partial charge in [-0.15, -0.1) is 0 Å². The van der Waals surface area contributed by atoms with Gasteiger partial charge in [0.25, 0.3) is 0 Å². The molecule has 0 aromatic heterocycles. The summed E-state index contributed by atoms with van der Waals surface area (Å²) in [5.74, 6) is -3.72. The summed E-state index contributed by atoms with van der Waals surface area (Å²) in [6.45, 7) is 0. The van der Waals surface area contributed by atoms with Crippen molar-refractivity contribution in [3.8, 4) is 0 Å². The van der Waals surface area contributed by atoms with Crippen molar-refractivity contribution >= 4 is 11.9 Å². The largest absolute Gasteiger partial charge is 0.478 e. The Bertz CT molecular complexity index is 294. The highest BCUT2D eigenvalue weighted by Crippen LogP contribution is 2.18. The van der Waals surface area contributed by atoms with E-state index >= 15 is 0 Å². The smallest absolute Gasteiger partial charge is 0.370 e. The molecule has 0 spiro atoms. The Morgan fingerprint density at radius 2 is 1.86 bits per heavy atom. The zero-order valence-corrected chi connectivity index (χ0v) is 6.82. The average Bonchev–Trinajstić information content (AvgIpc) is 2.08. The van der Waals surface area contributed by atoms with E-state index in [0.29, 0.717) is 0 Å². The number of rotatable bonds is 2. The minimum Gasteiger partial charge on any atom is -0.478 e. The van der Waals surface area contributed by atoms with Crippen molar-refractivity contribution in [2.75, 3.05) is 0 Å². The zero-order valence-electron chi connectivity index (χ0n) is 6.82. The Hall–Kier alpha value is -1.60. The van der Waals surface area contributed by atoms with Gasteiger partial charge in [-0.05, 0) is 6.08 Å². The summed E-state index contributed by atoms with van der Waals surface area (Å²) in [6.07, 6.45) is -4.25. The molecule has 0 bridgehead atoms. The number of carboxylic acid groups (broad SMARTS) is 2. The van der Waals surface area contributed by atoms with Crippen LogP contribution in [-0.4, -0.2) is 50.7 Å². The highest BCUT2D eigenvalue weighted by molar-refractivity contribution is 5.86. The second-order valence-electron chi connectivity index (χ2n) is 2.69. The number of ether oxygens (including phenoxy) is 1. The van der Waals surface area contributed by atoms with Gasteiger partial charge in [-0.1, -0.05) is 0 Å². The fraction of sp³-hybridized carbons (Fsp3) is 0.429. The molecular weight excluding hydrogens is 196 g/mol. The van der Waals surface area contributed by atoms with E-state index in [1.54, 1.807) is 0 Å². The van der Waals surface area contributed by atoms with Crippen molar-refractivity contribution in [1.82, 2.24) is 0 Å². The van der Waals surface area contributed by atoms with Gasteiger partial charge in [-0.25, -0.2) is 9.59 Å². The molecule has 1 heterocycles. The summed E-state index contributed by atoms with van der Waals surface area (Å²) in [6, 6.07) is 0. The average molecular weight is 204 g/mol. The summed E-state index contributed by atoms with van der Waals surface area (Å²) in [5.41, 5.74) is 0. The molecule has 1 rings (SSSR count). The maximum Gasteiger partial charge on any atom is 0.370 e. The Morgan fingerprint density at radius 1 is 1.29 bits per heavy atom. The van der Waals surface area contributed by atoms with Gasteiger partial charge in [0.1, 0.15) is 12.2 Å². The standard InChI is InChI=1S/C7H8O7/c8-2-1-3(6(10)11)14-5(4(2)9)7(12)13/h1-2,4-5,8-9H,(H,10,11)(H,12,13)/t2-,4+,5+/m1/s1. The van der Waals surface area contributed by atoms with Crippen LogP contribution in [0.4, 0.5) is 0 Å². The second-order valence-corrected chi connectivity index (χ2v) is 2.69. The molecule has 4 N–H and O–H groups in total. The van der Waals surface area contributed by atoms with Crippen LogP contribution in [-0.2, 0) is 14.3 Å². The van der Waals surface area contributed by atoms with Crippen molar-refractivity contribution < 1.29 is 34.8 Å². The van der Waals surface area contributed by atoms with E-state index in [1.807, 2.05) is 0 Å². The highest BCUT2D eigenvalue weighted by Gasteiger charge is 2.39. The van der Waals surface area contributed by atoms with Gasteiger partial charge in [0.2, 0.25) is 11.9 Å². The van der Waals surface area contributed by atoms with Crippen LogP contribution in [0.25, 0.3) is 0 Å². The third-order valence-electron chi connectivity index (χ3n) is 1.69. The monoisotopic (exact) mass is 204 g/mol. The van der Waals surface area contributed by atoms with Crippen molar-refractivity contribution in [3.63, 3.8) is 0 Å².